The van der Waals surface area contributed by atoms with Gasteiger partial charge in [-0.3, -0.25) is 9.05 Å². The fraction of sp³-hybridized carbons (Fsp3) is 1.00. The van der Waals surface area contributed by atoms with Gasteiger partial charge in [0.2, 0.25) is 0 Å². The molecule has 1 N–H and O–H groups in total. The second kappa shape index (κ2) is 4.99. The zero-order valence-electron chi connectivity index (χ0n) is 5.65. The first-order valence-corrected chi connectivity index (χ1v) is 4.35. The quantitative estimate of drug-likeness (QED) is 0.545. The highest BCUT2D eigenvalue weighted by molar-refractivity contribution is 7.41. The third-order valence-corrected chi connectivity index (χ3v) is 1.81. The zero-order valence-corrected chi connectivity index (χ0v) is 6.55. The maximum atomic E-state index is 8.07. The van der Waals surface area contributed by atoms with Crippen LogP contribution < -0.4 is 0 Å². The normalized spacial score (nSPS) is 24.9. The van der Waals surface area contributed by atoms with E-state index < -0.39 is 8.60 Å². The third kappa shape index (κ3) is 3.44. The summed E-state index contributed by atoms with van der Waals surface area (Å²) < 4.78 is 13.6. The number of ether oxygens (including phenoxy) is 1. The summed E-state index contributed by atoms with van der Waals surface area (Å²) in [4.78, 5) is 8.07. The van der Waals surface area contributed by atoms with E-state index in [9.17, 15) is 0 Å². The van der Waals surface area contributed by atoms with Crippen LogP contribution in [0.5, 0.6) is 0 Å². The van der Waals surface area contributed by atoms with Gasteiger partial charge in [-0.1, -0.05) is 0 Å². The van der Waals surface area contributed by atoms with Crippen molar-refractivity contribution in [3.8, 4) is 0 Å². The first-order valence-electron chi connectivity index (χ1n) is 3.22. The van der Waals surface area contributed by atoms with Crippen LogP contribution in [0.3, 0.4) is 0 Å². The van der Waals surface area contributed by atoms with E-state index in [1.54, 1.807) is 0 Å². The van der Waals surface area contributed by atoms with Gasteiger partial charge in [-0.05, 0) is 12.8 Å². The Labute approximate surface area is 61.1 Å². The van der Waals surface area contributed by atoms with E-state index in [1.165, 1.54) is 12.8 Å². The summed E-state index contributed by atoms with van der Waals surface area (Å²) in [5.41, 5.74) is 0. The van der Waals surface area contributed by atoms with Crippen molar-refractivity contribution in [2.24, 2.45) is 0 Å². The van der Waals surface area contributed by atoms with Crippen LogP contribution in [0.1, 0.15) is 12.8 Å². The SMILES string of the molecule is C1CCOC1.OP1OCO1. The molecule has 2 fully saturated rings. The van der Waals surface area contributed by atoms with Gasteiger partial charge >= 0.3 is 8.60 Å². The average Bonchev–Trinajstić information content (AvgIpc) is 2.38. The predicted octanol–water partition coefficient (Wildman–Crippen LogP) is 1.01. The van der Waals surface area contributed by atoms with Crippen LogP contribution in [0.2, 0.25) is 0 Å². The molecule has 0 unspecified atom stereocenters. The molecule has 5 heteroatoms. The van der Waals surface area contributed by atoms with Crippen LogP contribution >= 0.6 is 8.60 Å². The standard InChI is InChI=1S/C4H8O.CH3O3P/c1-2-4-5-3-1;2-5-3-1-4-5/h1-4H2;2H,1H2. The van der Waals surface area contributed by atoms with Crippen molar-refractivity contribution in [3.63, 3.8) is 0 Å². The lowest BCUT2D eigenvalue weighted by atomic mass is 10.4. The average molecular weight is 166 g/mol. The molecule has 0 amide bonds. The Morgan fingerprint density at radius 3 is 1.70 bits per heavy atom. The van der Waals surface area contributed by atoms with Crippen molar-refractivity contribution < 1.29 is 18.7 Å². The summed E-state index contributed by atoms with van der Waals surface area (Å²) in [5.74, 6) is 0. The molecule has 0 aliphatic carbocycles. The first kappa shape index (κ1) is 8.37. The molecular weight excluding hydrogens is 155 g/mol. The lowest BCUT2D eigenvalue weighted by molar-refractivity contribution is 0.00693. The summed E-state index contributed by atoms with van der Waals surface area (Å²) in [6.07, 6.45) is 2.56. The Balaban J connectivity index is 0.0000001000. The zero-order chi connectivity index (χ0) is 7.23. The lowest BCUT2D eigenvalue weighted by Crippen LogP contribution is -2.03. The van der Waals surface area contributed by atoms with Crippen molar-refractivity contribution in [2.75, 3.05) is 20.0 Å². The molecule has 4 nitrogen and oxygen atoms in total. The van der Waals surface area contributed by atoms with Crippen molar-refractivity contribution in [2.45, 2.75) is 12.8 Å². The Bertz CT molecular complexity index is 74.1. The van der Waals surface area contributed by atoms with E-state index in [-0.39, 0.29) is 6.79 Å². The fourth-order valence-corrected chi connectivity index (χ4v) is 0.810. The third-order valence-electron chi connectivity index (χ3n) is 1.15. The molecule has 0 bridgehead atoms. The van der Waals surface area contributed by atoms with Crippen LogP contribution in [0.25, 0.3) is 0 Å². The molecular formula is C5H11O4P. The molecule has 0 radical (unpaired) electrons. The Morgan fingerprint density at radius 2 is 1.60 bits per heavy atom. The molecule has 0 saturated carbocycles. The molecule has 10 heavy (non-hydrogen) atoms. The summed E-state index contributed by atoms with van der Waals surface area (Å²) in [5, 5.41) is 0. The van der Waals surface area contributed by atoms with Crippen molar-refractivity contribution in [1.82, 2.24) is 0 Å². The Kier molecular flexibility index (Phi) is 4.18. The minimum absolute atomic E-state index is 0.266. The highest BCUT2D eigenvalue weighted by atomic mass is 31.2. The largest absolute Gasteiger partial charge is 0.381 e. The molecule has 0 atom stereocenters. The summed E-state index contributed by atoms with van der Waals surface area (Å²) in [7, 11) is -1.42. The van der Waals surface area contributed by atoms with E-state index in [4.69, 9.17) is 9.63 Å². The first-order chi connectivity index (χ1) is 4.89. The van der Waals surface area contributed by atoms with Crippen LogP contribution in [-0.2, 0) is 13.8 Å². The monoisotopic (exact) mass is 166 g/mol. The predicted molar refractivity (Wildman–Crippen MR) is 36.2 cm³/mol. The molecule has 2 rings (SSSR count). The maximum Gasteiger partial charge on any atom is 0.334 e. The minimum atomic E-state index is -1.42. The molecule has 0 aromatic carbocycles. The van der Waals surface area contributed by atoms with Gasteiger partial charge in [0.25, 0.3) is 0 Å². The molecule has 2 heterocycles. The molecule has 60 valence electrons. The van der Waals surface area contributed by atoms with Crippen LogP contribution in [-0.4, -0.2) is 24.9 Å². The van der Waals surface area contributed by atoms with Gasteiger partial charge in [0.1, 0.15) is 0 Å². The van der Waals surface area contributed by atoms with Gasteiger partial charge in [-0.15, -0.1) is 0 Å². The summed E-state index contributed by atoms with van der Waals surface area (Å²) in [6, 6.07) is 0. The van der Waals surface area contributed by atoms with E-state index in [0.717, 1.165) is 13.2 Å². The minimum Gasteiger partial charge on any atom is -0.381 e. The van der Waals surface area contributed by atoms with Crippen LogP contribution in [0.4, 0.5) is 0 Å². The van der Waals surface area contributed by atoms with Gasteiger partial charge < -0.3 is 9.63 Å². The fourth-order valence-electron chi connectivity index (χ4n) is 0.610. The second-order valence-electron chi connectivity index (χ2n) is 1.93. The second-order valence-corrected chi connectivity index (χ2v) is 2.93. The van der Waals surface area contributed by atoms with Crippen LogP contribution in [0.15, 0.2) is 0 Å². The van der Waals surface area contributed by atoms with Crippen molar-refractivity contribution in [1.29, 1.82) is 0 Å². The highest BCUT2D eigenvalue weighted by Crippen LogP contribution is 2.41. The summed E-state index contributed by atoms with van der Waals surface area (Å²) in [6.45, 7) is 2.27. The van der Waals surface area contributed by atoms with E-state index in [1.807, 2.05) is 0 Å². The van der Waals surface area contributed by atoms with Gasteiger partial charge in [0, 0.05) is 13.2 Å². The maximum absolute atomic E-state index is 8.07. The van der Waals surface area contributed by atoms with Gasteiger partial charge in [-0.2, -0.15) is 0 Å². The van der Waals surface area contributed by atoms with Gasteiger partial charge in [0.15, 0.2) is 6.79 Å². The van der Waals surface area contributed by atoms with E-state index >= 15 is 0 Å². The lowest BCUT2D eigenvalue weighted by Gasteiger charge is -2.16. The highest BCUT2D eigenvalue weighted by Gasteiger charge is 2.15. The molecule has 0 spiro atoms. The van der Waals surface area contributed by atoms with Gasteiger partial charge in [0.05, 0.1) is 0 Å². The molecule has 2 aliphatic rings. The molecule has 0 aromatic heterocycles. The van der Waals surface area contributed by atoms with Crippen molar-refractivity contribution >= 4 is 8.60 Å². The number of rotatable bonds is 0. The van der Waals surface area contributed by atoms with Crippen LogP contribution in [0, 0.1) is 0 Å². The molecule has 2 aliphatic heterocycles. The topological polar surface area (TPSA) is 47.9 Å². The van der Waals surface area contributed by atoms with E-state index in [2.05, 4.69) is 9.05 Å². The number of hydrogen-bond acceptors (Lipinski definition) is 4. The summed E-state index contributed by atoms with van der Waals surface area (Å²) >= 11 is 0. The molecule has 0 aromatic rings. The Hall–Kier alpha value is 0.270. The van der Waals surface area contributed by atoms with E-state index in [0.29, 0.717) is 0 Å². The van der Waals surface area contributed by atoms with Gasteiger partial charge in [-0.25, -0.2) is 0 Å². The smallest absolute Gasteiger partial charge is 0.334 e. The number of hydrogen-bond donors (Lipinski definition) is 1. The van der Waals surface area contributed by atoms with Crippen molar-refractivity contribution in [3.05, 3.63) is 0 Å². The molecule has 2 saturated heterocycles. The Morgan fingerprint density at radius 1 is 1.10 bits per heavy atom.